The number of hydrogen-bond acceptors (Lipinski definition) is 1. The smallest absolute Gasteiger partial charge is 0.407 e. The average molecular weight is 262 g/mol. The molecule has 100 valence electrons. The normalized spacial score (nSPS) is 19.8. The van der Waals surface area contributed by atoms with Crippen LogP contribution in [0.2, 0.25) is 0 Å². The Morgan fingerprint density at radius 2 is 2.32 bits per heavy atom. The molecular formula is C14H15FN2O2. The predicted octanol–water partition coefficient (Wildman–Crippen LogP) is 3.16. The molecule has 2 N–H and O–H groups in total. The van der Waals surface area contributed by atoms with Crippen molar-refractivity contribution in [2.75, 3.05) is 13.1 Å². The van der Waals surface area contributed by atoms with E-state index in [1.807, 2.05) is 6.20 Å². The molecule has 1 aromatic heterocycles. The highest BCUT2D eigenvalue weighted by molar-refractivity contribution is 5.84. The number of carbonyl (C=O) groups is 1. The van der Waals surface area contributed by atoms with Gasteiger partial charge >= 0.3 is 6.09 Å². The summed E-state index contributed by atoms with van der Waals surface area (Å²) in [5, 5.41) is 9.93. The van der Waals surface area contributed by atoms with Gasteiger partial charge in [0.05, 0.1) is 0 Å². The SMILES string of the molecule is O=C(O)N1CCCC(c2c[nH]c3ccc(F)cc23)C1. The van der Waals surface area contributed by atoms with Crippen molar-refractivity contribution in [1.82, 2.24) is 9.88 Å². The Kier molecular flexibility index (Phi) is 2.89. The number of aromatic amines is 1. The van der Waals surface area contributed by atoms with Gasteiger partial charge in [0.25, 0.3) is 0 Å². The van der Waals surface area contributed by atoms with Gasteiger partial charge in [0.2, 0.25) is 0 Å². The quantitative estimate of drug-likeness (QED) is 0.829. The number of amides is 1. The molecule has 0 saturated carbocycles. The van der Waals surface area contributed by atoms with E-state index in [4.69, 9.17) is 5.11 Å². The number of aromatic nitrogens is 1. The van der Waals surface area contributed by atoms with Crippen molar-refractivity contribution in [3.05, 3.63) is 35.8 Å². The average Bonchev–Trinajstić information content (AvgIpc) is 2.81. The van der Waals surface area contributed by atoms with Gasteiger partial charge in [-0.2, -0.15) is 0 Å². The Morgan fingerprint density at radius 3 is 3.11 bits per heavy atom. The molecule has 2 heterocycles. The lowest BCUT2D eigenvalue weighted by molar-refractivity contribution is 0.130. The maximum Gasteiger partial charge on any atom is 0.407 e. The Labute approximate surface area is 109 Å². The van der Waals surface area contributed by atoms with Gasteiger partial charge in [-0.15, -0.1) is 0 Å². The predicted molar refractivity (Wildman–Crippen MR) is 69.8 cm³/mol. The number of benzene rings is 1. The third-order valence-electron chi connectivity index (χ3n) is 3.81. The number of H-pyrrole nitrogens is 1. The van der Waals surface area contributed by atoms with Gasteiger partial charge in [0.15, 0.2) is 0 Å². The van der Waals surface area contributed by atoms with Gasteiger partial charge in [-0.05, 0) is 36.6 Å². The van der Waals surface area contributed by atoms with Crippen LogP contribution < -0.4 is 0 Å². The monoisotopic (exact) mass is 262 g/mol. The van der Waals surface area contributed by atoms with Crippen molar-refractivity contribution in [3.63, 3.8) is 0 Å². The molecule has 0 radical (unpaired) electrons. The molecule has 1 aliphatic heterocycles. The van der Waals surface area contributed by atoms with Crippen LogP contribution in [0.1, 0.15) is 24.3 Å². The highest BCUT2D eigenvalue weighted by Gasteiger charge is 2.26. The van der Waals surface area contributed by atoms with E-state index in [1.54, 1.807) is 6.07 Å². The van der Waals surface area contributed by atoms with E-state index in [2.05, 4.69) is 4.98 Å². The second-order valence-corrected chi connectivity index (χ2v) is 5.00. The van der Waals surface area contributed by atoms with E-state index in [-0.39, 0.29) is 11.7 Å². The Balaban J connectivity index is 1.95. The third-order valence-corrected chi connectivity index (χ3v) is 3.81. The van der Waals surface area contributed by atoms with Crippen molar-refractivity contribution >= 4 is 17.0 Å². The lowest BCUT2D eigenvalue weighted by Gasteiger charge is -2.30. The van der Waals surface area contributed by atoms with Crippen LogP contribution in [0.3, 0.4) is 0 Å². The van der Waals surface area contributed by atoms with E-state index in [0.717, 1.165) is 29.3 Å². The summed E-state index contributed by atoms with van der Waals surface area (Å²) >= 11 is 0. The van der Waals surface area contributed by atoms with Gasteiger partial charge in [0.1, 0.15) is 5.82 Å². The Hall–Kier alpha value is -2.04. The maximum atomic E-state index is 13.3. The number of nitrogens with zero attached hydrogens (tertiary/aromatic N) is 1. The molecule has 0 spiro atoms. The number of hydrogen-bond donors (Lipinski definition) is 2. The zero-order valence-corrected chi connectivity index (χ0v) is 10.4. The van der Waals surface area contributed by atoms with E-state index >= 15 is 0 Å². The molecule has 2 aromatic rings. The molecule has 1 fully saturated rings. The Bertz CT molecular complexity index is 623. The van der Waals surface area contributed by atoms with Crippen molar-refractivity contribution in [3.8, 4) is 0 Å². The molecule has 5 heteroatoms. The first-order valence-electron chi connectivity index (χ1n) is 6.39. The first kappa shape index (κ1) is 12.0. The van der Waals surface area contributed by atoms with E-state index < -0.39 is 6.09 Å². The number of likely N-dealkylation sites (tertiary alicyclic amines) is 1. The van der Waals surface area contributed by atoms with E-state index in [0.29, 0.717) is 13.1 Å². The first-order chi connectivity index (χ1) is 9.15. The molecule has 1 amide bonds. The van der Waals surface area contributed by atoms with Crippen LogP contribution in [0.25, 0.3) is 10.9 Å². The summed E-state index contributed by atoms with van der Waals surface area (Å²) in [7, 11) is 0. The van der Waals surface area contributed by atoms with Crippen molar-refractivity contribution < 1.29 is 14.3 Å². The van der Waals surface area contributed by atoms with E-state index in [9.17, 15) is 9.18 Å². The summed E-state index contributed by atoms with van der Waals surface area (Å²) in [6.45, 7) is 1.07. The molecule has 3 rings (SSSR count). The third kappa shape index (κ3) is 2.16. The van der Waals surface area contributed by atoms with Gasteiger partial charge in [-0.25, -0.2) is 9.18 Å². The van der Waals surface area contributed by atoms with Crippen molar-refractivity contribution in [1.29, 1.82) is 0 Å². The second kappa shape index (κ2) is 4.57. The molecule has 4 nitrogen and oxygen atoms in total. The fourth-order valence-corrected chi connectivity index (χ4v) is 2.86. The summed E-state index contributed by atoms with van der Waals surface area (Å²) in [6.07, 6.45) is 2.78. The van der Waals surface area contributed by atoms with Gasteiger partial charge in [0, 0.05) is 36.1 Å². The number of halogens is 1. The lowest BCUT2D eigenvalue weighted by atomic mass is 9.90. The van der Waals surface area contributed by atoms with Gasteiger partial charge < -0.3 is 15.0 Å². The van der Waals surface area contributed by atoms with Crippen LogP contribution >= 0.6 is 0 Å². The van der Waals surface area contributed by atoms with Crippen LogP contribution in [0.15, 0.2) is 24.4 Å². The lowest BCUT2D eigenvalue weighted by Crippen LogP contribution is -2.38. The van der Waals surface area contributed by atoms with Crippen LogP contribution in [0.5, 0.6) is 0 Å². The molecule has 1 aromatic carbocycles. The fraction of sp³-hybridized carbons (Fsp3) is 0.357. The largest absolute Gasteiger partial charge is 0.465 e. The van der Waals surface area contributed by atoms with Crippen LogP contribution in [0, 0.1) is 5.82 Å². The number of carboxylic acid groups (broad SMARTS) is 1. The molecular weight excluding hydrogens is 247 g/mol. The Morgan fingerprint density at radius 1 is 1.47 bits per heavy atom. The summed E-state index contributed by atoms with van der Waals surface area (Å²) in [4.78, 5) is 15.6. The summed E-state index contributed by atoms with van der Waals surface area (Å²) in [6, 6.07) is 4.65. The van der Waals surface area contributed by atoms with Crippen LogP contribution in [0.4, 0.5) is 9.18 Å². The molecule has 19 heavy (non-hydrogen) atoms. The zero-order valence-electron chi connectivity index (χ0n) is 10.4. The molecule has 1 aliphatic rings. The maximum absolute atomic E-state index is 13.3. The van der Waals surface area contributed by atoms with Crippen molar-refractivity contribution in [2.45, 2.75) is 18.8 Å². The molecule has 0 bridgehead atoms. The number of nitrogens with one attached hydrogen (secondary N) is 1. The summed E-state index contributed by atoms with van der Waals surface area (Å²) < 4.78 is 13.3. The standard InChI is InChI=1S/C14H15FN2O2/c15-10-3-4-13-11(6-10)12(7-16-13)9-2-1-5-17(8-9)14(18)19/h3-4,6-7,9,16H,1-2,5,8H2,(H,18,19). The number of rotatable bonds is 1. The minimum atomic E-state index is -0.879. The van der Waals surface area contributed by atoms with Gasteiger partial charge in [-0.1, -0.05) is 0 Å². The summed E-state index contributed by atoms with van der Waals surface area (Å²) in [5.74, 6) is -0.125. The molecule has 0 aliphatic carbocycles. The highest BCUT2D eigenvalue weighted by atomic mass is 19.1. The minimum absolute atomic E-state index is 0.139. The summed E-state index contributed by atoms with van der Waals surface area (Å²) in [5.41, 5.74) is 1.91. The first-order valence-corrected chi connectivity index (χ1v) is 6.39. The number of piperidine rings is 1. The second-order valence-electron chi connectivity index (χ2n) is 5.00. The topological polar surface area (TPSA) is 56.3 Å². The van der Waals surface area contributed by atoms with Crippen molar-refractivity contribution in [2.24, 2.45) is 0 Å². The molecule has 1 atom stereocenters. The van der Waals surface area contributed by atoms with E-state index in [1.165, 1.54) is 17.0 Å². The molecule has 1 saturated heterocycles. The number of fused-ring (bicyclic) bond motifs is 1. The van der Waals surface area contributed by atoms with Crippen LogP contribution in [-0.4, -0.2) is 34.2 Å². The van der Waals surface area contributed by atoms with Gasteiger partial charge in [-0.3, -0.25) is 0 Å². The minimum Gasteiger partial charge on any atom is -0.465 e. The zero-order chi connectivity index (χ0) is 13.4. The highest BCUT2D eigenvalue weighted by Crippen LogP contribution is 2.32. The molecule has 1 unspecified atom stereocenters. The van der Waals surface area contributed by atoms with Crippen LogP contribution in [-0.2, 0) is 0 Å². The fourth-order valence-electron chi connectivity index (χ4n) is 2.86.